The van der Waals surface area contributed by atoms with Gasteiger partial charge < -0.3 is 15.6 Å². The molecule has 0 saturated heterocycles. The molecule has 0 amide bonds. The monoisotopic (exact) mass is 247 g/mol. The van der Waals surface area contributed by atoms with Crippen molar-refractivity contribution in [1.29, 1.82) is 0 Å². The lowest BCUT2D eigenvalue weighted by Crippen LogP contribution is -2.08. The third kappa shape index (κ3) is 2.91. The largest absolute Gasteiger partial charge is 0.504 e. The minimum Gasteiger partial charge on any atom is -0.504 e. The quantitative estimate of drug-likeness (QED) is 0.862. The third-order valence-corrected chi connectivity index (χ3v) is 2.13. The fourth-order valence-corrected chi connectivity index (χ4v) is 1.35. The van der Waals surface area contributed by atoms with Crippen LogP contribution in [-0.2, 0) is 6.18 Å². The molecule has 17 heavy (non-hydrogen) atoms. The second-order valence-electron chi connectivity index (χ2n) is 3.21. The van der Waals surface area contributed by atoms with Crippen LogP contribution in [0.5, 0.6) is 11.5 Å². The number of hydrogen-bond donors (Lipinski definition) is 2. The number of alkyl halides is 3. The van der Waals surface area contributed by atoms with Gasteiger partial charge in [-0.3, -0.25) is 0 Å². The molecule has 1 rings (SSSR count). The Labute approximate surface area is 96.3 Å². The third-order valence-electron chi connectivity index (χ3n) is 2.13. The molecule has 0 aliphatic rings. The minimum atomic E-state index is -4.54. The fraction of sp³-hybridized carbons (Fsp3) is 0.273. The van der Waals surface area contributed by atoms with Gasteiger partial charge in [0.05, 0.1) is 12.7 Å². The number of halogens is 3. The molecule has 3 nitrogen and oxygen atoms in total. The summed E-state index contributed by atoms with van der Waals surface area (Å²) in [6.07, 6.45) is -2.09. The van der Waals surface area contributed by atoms with E-state index in [-0.39, 0.29) is 17.9 Å². The molecule has 0 radical (unpaired) electrons. The van der Waals surface area contributed by atoms with E-state index in [1.54, 1.807) is 0 Å². The zero-order valence-electron chi connectivity index (χ0n) is 9.08. The van der Waals surface area contributed by atoms with Gasteiger partial charge >= 0.3 is 6.18 Å². The number of aromatic hydroxyl groups is 1. The molecule has 0 bridgehead atoms. The smallest absolute Gasteiger partial charge is 0.417 e. The first kappa shape index (κ1) is 13.4. The van der Waals surface area contributed by atoms with Crippen LogP contribution in [0.2, 0.25) is 0 Å². The Balaban J connectivity index is 3.41. The molecule has 0 fully saturated rings. The Morgan fingerprint density at radius 1 is 1.41 bits per heavy atom. The molecule has 0 saturated carbocycles. The number of phenols is 1. The van der Waals surface area contributed by atoms with Crippen molar-refractivity contribution in [2.24, 2.45) is 5.73 Å². The van der Waals surface area contributed by atoms with Crippen LogP contribution < -0.4 is 10.5 Å². The second-order valence-corrected chi connectivity index (χ2v) is 3.21. The minimum absolute atomic E-state index is 0.0188. The highest BCUT2D eigenvalue weighted by Gasteiger charge is 2.34. The fourth-order valence-electron chi connectivity index (χ4n) is 1.35. The maximum absolute atomic E-state index is 12.7. The van der Waals surface area contributed by atoms with E-state index in [1.807, 2.05) is 0 Å². The molecule has 3 N–H and O–H groups in total. The predicted molar refractivity (Wildman–Crippen MR) is 57.7 cm³/mol. The van der Waals surface area contributed by atoms with Crippen molar-refractivity contribution in [2.75, 3.05) is 13.7 Å². The van der Waals surface area contributed by atoms with Crippen LogP contribution in [-0.4, -0.2) is 18.8 Å². The first-order chi connectivity index (χ1) is 7.91. The Kier molecular flexibility index (Phi) is 4.01. The standard InChI is InChI=1S/C11H12F3NO2/c1-17-9-5-4-8(11(12,13)14)7(10(9)16)3-2-6-15/h2-5,16H,6,15H2,1H3/b3-2+. The van der Waals surface area contributed by atoms with Gasteiger partial charge in [-0.05, 0) is 12.1 Å². The van der Waals surface area contributed by atoms with Crippen LogP contribution in [0.15, 0.2) is 18.2 Å². The lowest BCUT2D eigenvalue weighted by Gasteiger charge is -2.14. The molecule has 0 aliphatic heterocycles. The molecule has 94 valence electrons. The van der Waals surface area contributed by atoms with Crippen molar-refractivity contribution >= 4 is 6.08 Å². The van der Waals surface area contributed by atoms with Gasteiger partial charge in [-0.2, -0.15) is 13.2 Å². The van der Waals surface area contributed by atoms with E-state index in [2.05, 4.69) is 0 Å². The van der Waals surface area contributed by atoms with Crippen LogP contribution in [0.3, 0.4) is 0 Å². The van der Waals surface area contributed by atoms with Gasteiger partial charge in [0.25, 0.3) is 0 Å². The summed E-state index contributed by atoms with van der Waals surface area (Å²) in [7, 11) is 1.26. The Hall–Kier alpha value is -1.69. The van der Waals surface area contributed by atoms with Gasteiger partial charge in [0.2, 0.25) is 0 Å². The van der Waals surface area contributed by atoms with Crippen LogP contribution in [0.25, 0.3) is 6.08 Å². The highest BCUT2D eigenvalue weighted by atomic mass is 19.4. The van der Waals surface area contributed by atoms with E-state index in [9.17, 15) is 18.3 Å². The zero-order chi connectivity index (χ0) is 13.1. The number of nitrogens with two attached hydrogens (primary N) is 1. The van der Waals surface area contributed by atoms with Crippen molar-refractivity contribution in [3.63, 3.8) is 0 Å². The molecule has 0 atom stereocenters. The summed E-state index contributed by atoms with van der Waals surface area (Å²) in [6.45, 7) is 0.0773. The van der Waals surface area contributed by atoms with Crippen LogP contribution in [0.1, 0.15) is 11.1 Å². The molecule has 0 aromatic heterocycles. The highest BCUT2D eigenvalue weighted by Crippen LogP contribution is 2.40. The average molecular weight is 247 g/mol. The molecule has 1 aromatic carbocycles. The molecule has 6 heteroatoms. The second kappa shape index (κ2) is 5.09. The van der Waals surface area contributed by atoms with Crippen molar-refractivity contribution < 1.29 is 23.0 Å². The lowest BCUT2D eigenvalue weighted by molar-refractivity contribution is -0.137. The summed E-state index contributed by atoms with van der Waals surface area (Å²) in [5, 5.41) is 9.64. The number of ether oxygens (including phenoxy) is 1. The molecule has 0 spiro atoms. The van der Waals surface area contributed by atoms with E-state index >= 15 is 0 Å². The summed E-state index contributed by atoms with van der Waals surface area (Å²) in [5.41, 5.74) is 3.90. The summed E-state index contributed by atoms with van der Waals surface area (Å²) in [5.74, 6) is -0.568. The first-order valence-corrected chi connectivity index (χ1v) is 4.75. The zero-order valence-corrected chi connectivity index (χ0v) is 9.08. The Morgan fingerprint density at radius 2 is 2.06 bits per heavy atom. The van der Waals surface area contributed by atoms with Crippen molar-refractivity contribution in [1.82, 2.24) is 0 Å². The first-order valence-electron chi connectivity index (χ1n) is 4.75. The van der Waals surface area contributed by atoms with Gasteiger partial charge in [0.1, 0.15) is 0 Å². The number of rotatable bonds is 3. The maximum atomic E-state index is 12.7. The van der Waals surface area contributed by atoms with E-state index in [4.69, 9.17) is 10.5 Å². The Bertz CT molecular complexity index is 427. The SMILES string of the molecule is COc1ccc(C(F)(F)F)c(/C=C/CN)c1O. The number of benzene rings is 1. The molecular weight excluding hydrogens is 235 g/mol. The van der Waals surface area contributed by atoms with Crippen molar-refractivity contribution in [2.45, 2.75) is 6.18 Å². The van der Waals surface area contributed by atoms with Gasteiger partial charge in [-0.1, -0.05) is 12.2 Å². The van der Waals surface area contributed by atoms with E-state index in [1.165, 1.54) is 13.2 Å². The summed E-state index contributed by atoms with van der Waals surface area (Å²) < 4.78 is 42.8. The highest BCUT2D eigenvalue weighted by molar-refractivity contribution is 5.66. The van der Waals surface area contributed by atoms with Crippen molar-refractivity contribution in [3.8, 4) is 11.5 Å². The summed E-state index contributed by atoms with van der Waals surface area (Å²) in [4.78, 5) is 0. The molecule has 0 heterocycles. The van der Waals surface area contributed by atoms with E-state index < -0.39 is 17.5 Å². The predicted octanol–water partition coefficient (Wildman–Crippen LogP) is 2.39. The molecular formula is C11H12F3NO2. The molecule has 0 unspecified atom stereocenters. The lowest BCUT2D eigenvalue weighted by atomic mass is 10.0. The van der Waals surface area contributed by atoms with E-state index in [0.29, 0.717) is 0 Å². The van der Waals surface area contributed by atoms with Crippen molar-refractivity contribution in [3.05, 3.63) is 29.3 Å². The average Bonchev–Trinajstić information content (AvgIpc) is 2.25. The molecule has 1 aromatic rings. The number of hydrogen-bond acceptors (Lipinski definition) is 3. The van der Waals surface area contributed by atoms with Crippen LogP contribution in [0.4, 0.5) is 13.2 Å². The summed E-state index contributed by atoms with van der Waals surface area (Å²) in [6, 6.07) is 1.92. The van der Waals surface area contributed by atoms with Crippen LogP contribution in [0, 0.1) is 0 Å². The van der Waals surface area contributed by atoms with Gasteiger partial charge in [-0.15, -0.1) is 0 Å². The molecule has 0 aliphatic carbocycles. The normalized spacial score (nSPS) is 12.1. The van der Waals surface area contributed by atoms with Gasteiger partial charge in [-0.25, -0.2) is 0 Å². The summed E-state index contributed by atoms with van der Waals surface area (Å²) >= 11 is 0. The maximum Gasteiger partial charge on any atom is 0.417 e. The number of methoxy groups -OCH3 is 1. The van der Waals surface area contributed by atoms with Gasteiger partial charge in [0.15, 0.2) is 11.5 Å². The van der Waals surface area contributed by atoms with Crippen LogP contribution >= 0.6 is 0 Å². The Morgan fingerprint density at radius 3 is 2.53 bits per heavy atom. The topological polar surface area (TPSA) is 55.5 Å². The number of phenolic OH excluding ortho intramolecular Hbond substituents is 1. The van der Waals surface area contributed by atoms with Gasteiger partial charge in [0, 0.05) is 12.1 Å². The van der Waals surface area contributed by atoms with E-state index in [0.717, 1.165) is 18.2 Å².